The molecule has 16 heavy (non-hydrogen) atoms. The minimum Gasteiger partial charge on any atom is -0.368 e. The third-order valence-electron chi connectivity index (χ3n) is 3.64. The Hall–Kier alpha value is -1.31. The van der Waals surface area contributed by atoms with Crippen LogP contribution in [0.25, 0.3) is 0 Å². The summed E-state index contributed by atoms with van der Waals surface area (Å²) in [6.07, 6.45) is 2.23. The Bertz CT molecular complexity index is 434. The van der Waals surface area contributed by atoms with Crippen molar-refractivity contribution in [3.63, 3.8) is 0 Å². The fourth-order valence-electron chi connectivity index (χ4n) is 2.70. The first kappa shape index (κ1) is 9.88. The van der Waals surface area contributed by atoms with Crippen LogP contribution in [0.2, 0.25) is 0 Å². The number of nitrogens with zero attached hydrogens (tertiary/aromatic N) is 1. The molecule has 0 saturated heterocycles. The van der Waals surface area contributed by atoms with E-state index < -0.39 is 0 Å². The molecular weight excluding hydrogens is 196 g/mol. The van der Waals surface area contributed by atoms with Gasteiger partial charge in [0, 0.05) is 5.92 Å². The van der Waals surface area contributed by atoms with E-state index in [1.54, 1.807) is 0 Å². The van der Waals surface area contributed by atoms with Crippen LogP contribution in [0.1, 0.15) is 25.0 Å². The highest BCUT2D eigenvalue weighted by Gasteiger charge is 2.33. The van der Waals surface area contributed by atoms with Gasteiger partial charge in [0.1, 0.15) is 0 Å². The van der Waals surface area contributed by atoms with Crippen LogP contribution in [0.4, 0.5) is 0 Å². The van der Waals surface area contributed by atoms with Gasteiger partial charge in [-0.3, -0.25) is 4.99 Å². The zero-order valence-electron chi connectivity index (χ0n) is 9.90. The second-order valence-corrected chi connectivity index (χ2v) is 5.16. The molecule has 2 aliphatic rings. The molecule has 0 saturated carbocycles. The smallest absolute Gasteiger partial charge is 0.0996 e. The molecule has 3 rings (SSSR count). The third kappa shape index (κ3) is 1.53. The molecule has 0 radical (unpaired) electrons. The molecule has 0 bridgehead atoms. The Kier molecular flexibility index (Phi) is 2.23. The lowest BCUT2D eigenvalue weighted by molar-refractivity contribution is 0.490. The van der Waals surface area contributed by atoms with Crippen LogP contribution in [-0.4, -0.2) is 17.9 Å². The van der Waals surface area contributed by atoms with Crippen LogP contribution in [0, 0.1) is 5.92 Å². The van der Waals surface area contributed by atoms with Crippen LogP contribution in [-0.2, 0) is 12.8 Å². The minimum atomic E-state index is 0.465. The van der Waals surface area contributed by atoms with Gasteiger partial charge in [-0.2, -0.15) is 0 Å². The quantitative estimate of drug-likeness (QED) is 0.761. The summed E-state index contributed by atoms with van der Waals surface area (Å²) in [7, 11) is 0. The summed E-state index contributed by atoms with van der Waals surface area (Å²) in [5.41, 5.74) is 2.98. The van der Waals surface area contributed by atoms with Gasteiger partial charge >= 0.3 is 0 Å². The second kappa shape index (κ2) is 3.62. The molecule has 1 aliphatic heterocycles. The Balaban J connectivity index is 1.87. The fourth-order valence-corrected chi connectivity index (χ4v) is 2.70. The highest BCUT2D eigenvalue weighted by Crippen LogP contribution is 2.27. The van der Waals surface area contributed by atoms with E-state index in [4.69, 9.17) is 4.99 Å². The van der Waals surface area contributed by atoms with Gasteiger partial charge < -0.3 is 5.32 Å². The zero-order valence-corrected chi connectivity index (χ0v) is 9.90. The molecule has 0 aromatic heterocycles. The molecule has 84 valence electrons. The average Bonchev–Trinajstić information content (AvgIpc) is 2.68. The summed E-state index contributed by atoms with van der Waals surface area (Å²) < 4.78 is 0. The summed E-state index contributed by atoms with van der Waals surface area (Å²) in [6.45, 7) is 4.41. The number of nitrogens with one attached hydrogen (secondary N) is 1. The number of benzene rings is 1. The van der Waals surface area contributed by atoms with Crippen LogP contribution in [0.15, 0.2) is 29.3 Å². The van der Waals surface area contributed by atoms with E-state index in [9.17, 15) is 0 Å². The largest absolute Gasteiger partial charge is 0.368 e. The van der Waals surface area contributed by atoms with Gasteiger partial charge in [0.25, 0.3) is 0 Å². The first-order valence-electron chi connectivity index (χ1n) is 6.15. The van der Waals surface area contributed by atoms with E-state index in [1.165, 1.54) is 17.0 Å². The van der Waals surface area contributed by atoms with Crippen LogP contribution in [0.5, 0.6) is 0 Å². The van der Waals surface area contributed by atoms with Gasteiger partial charge in [-0.15, -0.1) is 0 Å². The Morgan fingerprint density at radius 2 is 1.88 bits per heavy atom. The number of hydrogen-bond acceptors (Lipinski definition) is 2. The van der Waals surface area contributed by atoms with Crippen molar-refractivity contribution in [2.45, 2.75) is 38.8 Å². The fraction of sp³-hybridized carbons (Fsp3) is 0.500. The summed E-state index contributed by atoms with van der Waals surface area (Å²) in [6, 6.07) is 9.77. The van der Waals surface area contributed by atoms with Gasteiger partial charge in [0.15, 0.2) is 0 Å². The van der Waals surface area contributed by atoms with Gasteiger partial charge in [0.2, 0.25) is 0 Å². The number of hydrogen-bond donors (Lipinski definition) is 1. The van der Waals surface area contributed by atoms with Crippen LogP contribution < -0.4 is 5.32 Å². The molecule has 2 heteroatoms. The SMILES string of the molecule is CC(C)C1=NC2Cc3ccccc3CC2N1. The Morgan fingerprint density at radius 1 is 1.19 bits per heavy atom. The highest BCUT2D eigenvalue weighted by atomic mass is 15.1. The summed E-state index contributed by atoms with van der Waals surface area (Å²) in [4.78, 5) is 4.81. The molecule has 1 aliphatic carbocycles. The van der Waals surface area contributed by atoms with Crippen LogP contribution in [0.3, 0.4) is 0 Å². The molecule has 1 heterocycles. The maximum atomic E-state index is 4.81. The second-order valence-electron chi connectivity index (χ2n) is 5.16. The average molecular weight is 214 g/mol. The predicted octanol–water partition coefficient (Wildman–Crippen LogP) is 2.18. The Morgan fingerprint density at radius 3 is 2.56 bits per heavy atom. The number of fused-ring (bicyclic) bond motifs is 2. The maximum absolute atomic E-state index is 4.81. The minimum absolute atomic E-state index is 0.465. The molecule has 0 amide bonds. The maximum Gasteiger partial charge on any atom is 0.0996 e. The normalized spacial score (nSPS) is 27.1. The number of amidine groups is 1. The van der Waals surface area contributed by atoms with E-state index in [-0.39, 0.29) is 0 Å². The van der Waals surface area contributed by atoms with E-state index in [1.807, 2.05) is 0 Å². The standard InChI is InChI=1S/C14H18N2/c1-9(2)14-15-12-7-10-5-3-4-6-11(10)8-13(12)16-14/h3-6,9,12-13H,7-8H2,1-2H3,(H,15,16). The first-order chi connectivity index (χ1) is 7.74. The molecule has 0 spiro atoms. The summed E-state index contributed by atoms with van der Waals surface area (Å²) in [5, 5.41) is 3.58. The Labute approximate surface area is 96.8 Å². The predicted molar refractivity (Wildman–Crippen MR) is 66.8 cm³/mol. The lowest BCUT2D eigenvalue weighted by Crippen LogP contribution is -2.41. The molecule has 1 N–H and O–H groups in total. The number of rotatable bonds is 1. The van der Waals surface area contributed by atoms with Crippen molar-refractivity contribution in [2.24, 2.45) is 10.9 Å². The van der Waals surface area contributed by atoms with E-state index in [2.05, 4.69) is 43.4 Å². The molecule has 2 unspecified atom stereocenters. The highest BCUT2D eigenvalue weighted by molar-refractivity contribution is 5.86. The van der Waals surface area contributed by atoms with Crippen molar-refractivity contribution >= 4 is 5.84 Å². The van der Waals surface area contributed by atoms with Crippen molar-refractivity contribution in [3.8, 4) is 0 Å². The molecule has 0 fully saturated rings. The van der Waals surface area contributed by atoms with Gasteiger partial charge in [-0.05, 0) is 24.0 Å². The topological polar surface area (TPSA) is 24.4 Å². The van der Waals surface area contributed by atoms with Crippen molar-refractivity contribution < 1.29 is 0 Å². The van der Waals surface area contributed by atoms with Crippen molar-refractivity contribution in [1.82, 2.24) is 5.32 Å². The summed E-state index contributed by atoms with van der Waals surface area (Å²) in [5.74, 6) is 1.72. The molecule has 1 aromatic rings. The lowest BCUT2D eigenvalue weighted by Gasteiger charge is -2.26. The lowest BCUT2D eigenvalue weighted by atomic mass is 9.85. The monoisotopic (exact) mass is 214 g/mol. The van der Waals surface area contributed by atoms with Gasteiger partial charge in [-0.1, -0.05) is 38.1 Å². The molecule has 2 atom stereocenters. The third-order valence-corrected chi connectivity index (χ3v) is 3.64. The van der Waals surface area contributed by atoms with Gasteiger partial charge in [-0.25, -0.2) is 0 Å². The van der Waals surface area contributed by atoms with E-state index >= 15 is 0 Å². The first-order valence-corrected chi connectivity index (χ1v) is 6.15. The molecule has 1 aromatic carbocycles. The van der Waals surface area contributed by atoms with Gasteiger partial charge in [0.05, 0.1) is 17.9 Å². The molecular formula is C14H18N2. The van der Waals surface area contributed by atoms with Crippen molar-refractivity contribution in [3.05, 3.63) is 35.4 Å². The molecule has 2 nitrogen and oxygen atoms in total. The van der Waals surface area contributed by atoms with E-state index in [0.29, 0.717) is 18.0 Å². The van der Waals surface area contributed by atoms with Crippen LogP contribution >= 0.6 is 0 Å². The number of aliphatic imine (C=N–C) groups is 1. The summed E-state index contributed by atoms with van der Waals surface area (Å²) >= 11 is 0. The zero-order chi connectivity index (χ0) is 11.1. The van der Waals surface area contributed by atoms with Crippen molar-refractivity contribution in [1.29, 1.82) is 0 Å². The van der Waals surface area contributed by atoms with Crippen molar-refractivity contribution in [2.75, 3.05) is 0 Å². The van der Waals surface area contributed by atoms with E-state index in [0.717, 1.165) is 12.8 Å².